The minimum absolute atomic E-state index is 0.268. The molecule has 0 saturated carbocycles. The van der Waals surface area contributed by atoms with Gasteiger partial charge in [-0.25, -0.2) is 4.79 Å². The van der Waals surface area contributed by atoms with Crippen molar-refractivity contribution in [2.24, 2.45) is 0 Å². The Morgan fingerprint density at radius 1 is 1.21 bits per heavy atom. The van der Waals surface area contributed by atoms with E-state index in [0.29, 0.717) is 11.3 Å². The third-order valence-electron chi connectivity index (χ3n) is 2.76. The van der Waals surface area contributed by atoms with Crippen LogP contribution in [0.2, 0.25) is 0 Å². The first kappa shape index (κ1) is 13.9. The van der Waals surface area contributed by atoms with Crippen molar-refractivity contribution in [3.63, 3.8) is 0 Å². The minimum Gasteiger partial charge on any atom is -0.457 e. The second kappa shape index (κ2) is 6.06. The van der Waals surface area contributed by atoms with E-state index in [1.54, 1.807) is 12.1 Å². The van der Waals surface area contributed by atoms with Gasteiger partial charge in [-0.05, 0) is 64.9 Å². The molecule has 3 nitrogen and oxygen atoms in total. The molecule has 0 saturated heterocycles. The number of nitrogen functional groups attached to an aromatic ring is 1. The molecule has 0 aromatic heterocycles. The molecule has 2 N–H and O–H groups in total. The summed E-state index contributed by atoms with van der Waals surface area (Å²) in [5.74, 6) is -0.344. The highest BCUT2D eigenvalue weighted by atomic mass is 127. The summed E-state index contributed by atoms with van der Waals surface area (Å²) in [6.07, 6.45) is 0. The molecule has 0 atom stereocenters. The first-order valence-corrected chi connectivity index (χ1v) is 6.92. The average molecular weight is 367 g/mol. The number of anilines is 1. The van der Waals surface area contributed by atoms with Crippen LogP contribution in [0.4, 0.5) is 5.69 Å². The van der Waals surface area contributed by atoms with E-state index in [-0.39, 0.29) is 12.6 Å². The van der Waals surface area contributed by atoms with E-state index in [9.17, 15) is 4.79 Å². The molecule has 4 heteroatoms. The number of ether oxygens (including phenoxy) is 1. The molecule has 0 aliphatic heterocycles. The fourth-order valence-electron chi connectivity index (χ4n) is 1.67. The highest BCUT2D eigenvalue weighted by molar-refractivity contribution is 14.1. The molecule has 0 amide bonds. The molecule has 0 aliphatic carbocycles. The van der Waals surface area contributed by atoms with E-state index in [1.165, 1.54) is 0 Å². The van der Waals surface area contributed by atoms with Gasteiger partial charge in [0.1, 0.15) is 6.61 Å². The molecule has 98 valence electrons. The third-order valence-corrected chi connectivity index (χ3v) is 3.48. The monoisotopic (exact) mass is 367 g/mol. The standard InChI is InChI=1S/C15H14INO2/c1-10-2-7-13(17)8-14(10)15(18)19-9-11-3-5-12(16)6-4-11/h2-8H,9,17H2,1H3. The van der Waals surface area contributed by atoms with E-state index in [4.69, 9.17) is 10.5 Å². The maximum atomic E-state index is 12.0. The van der Waals surface area contributed by atoms with Gasteiger partial charge in [0.05, 0.1) is 5.56 Å². The number of carbonyl (C=O) groups excluding carboxylic acids is 1. The van der Waals surface area contributed by atoms with Crippen molar-refractivity contribution >= 4 is 34.2 Å². The molecule has 0 unspecified atom stereocenters. The van der Waals surface area contributed by atoms with Gasteiger partial charge in [0.2, 0.25) is 0 Å². The van der Waals surface area contributed by atoms with Gasteiger partial charge in [-0.3, -0.25) is 0 Å². The highest BCUT2D eigenvalue weighted by Crippen LogP contribution is 2.15. The van der Waals surface area contributed by atoms with Crippen LogP contribution in [0.25, 0.3) is 0 Å². The predicted octanol–water partition coefficient (Wildman–Crippen LogP) is 3.54. The summed E-state index contributed by atoms with van der Waals surface area (Å²) in [7, 11) is 0. The van der Waals surface area contributed by atoms with Gasteiger partial charge < -0.3 is 10.5 Å². The molecule has 0 fully saturated rings. The molecule has 0 heterocycles. The Morgan fingerprint density at radius 3 is 2.58 bits per heavy atom. The lowest BCUT2D eigenvalue weighted by atomic mass is 10.1. The smallest absolute Gasteiger partial charge is 0.338 e. The van der Waals surface area contributed by atoms with E-state index in [2.05, 4.69) is 22.6 Å². The molecule has 19 heavy (non-hydrogen) atoms. The van der Waals surface area contributed by atoms with Crippen LogP contribution >= 0.6 is 22.6 Å². The number of hydrogen-bond acceptors (Lipinski definition) is 3. The number of carbonyl (C=O) groups is 1. The largest absolute Gasteiger partial charge is 0.457 e. The SMILES string of the molecule is Cc1ccc(N)cc1C(=O)OCc1ccc(I)cc1. The fourth-order valence-corrected chi connectivity index (χ4v) is 2.03. The summed E-state index contributed by atoms with van der Waals surface area (Å²) in [4.78, 5) is 12.0. The number of aryl methyl sites for hydroxylation is 1. The Bertz CT molecular complexity index is 594. The lowest BCUT2D eigenvalue weighted by molar-refractivity contribution is 0.0472. The fraction of sp³-hybridized carbons (Fsp3) is 0.133. The van der Waals surface area contributed by atoms with Gasteiger partial charge >= 0.3 is 5.97 Å². The topological polar surface area (TPSA) is 52.3 Å². The van der Waals surface area contributed by atoms with E-state index < -0.39 is 0 Å². The summed E-state index contributed by atoms with van der Waals surface area (Å²) in [5, 5.41) is 0. The van der Waals surface area contributed by atoms with Crippen molar-refractivity contribution < 1.29 is 9.53 Å². The average Bonchev–Trinajstić information content (AvgIpc) is 2.40. The Morgan fingerprint density at radius 2 is 1.89 bits per heavy atom. The number of esters is 1. The summed E-state index contributed by atoms with van der Waals surface area (Å²) in [5.41, 5.74) is 8.59. The summed E-state index contributed by atoms with van der Waals surface area (Å²) < 4.78 is 6.45. The van der Waals surface area contributed by atoms with Gasteiger partial charge in [0, 0.05) is 9.26 Å². The number of halogens is 1. The molecule has 0 radical (unpaired) electrons. The van der Waals surface area contributed by atoms with Gasteiger partial charge in [-0.2, -0.15) is 0 Å². The molecule has 2 aromatic carbocycles. The van der Waals surface area contributed by atoms with E-state index in [0.717, 1.165) is 14.7 Å². The Balaban J connectivity index is 2.05. The summed E-state index contributed by atoms with van der Waals surface area (Å²) in [6.45, 7) is 2.13. The van der Waals surface area contributed by atoms with Crippen LogP contribution < -0.4 is 5.73 Å². The second-order valence-corrected chi connectivity index (χ2v) is 5.52. The Labute approximate surface area is 125 Å². The maximum Gasteiger partial charge on any atom is 0.338 e. The number of hydrogen-bond donors (Lipinski definition) is 1. The first-order chi connectivity index (χ1) is 9.06. The lowest BCUT2D eigenvalue weighted by Crippen LogP contribution is -2.07. The van der Waals surface area contributed by atoms with Crippen LogP contribution in [0.15, 0.2) is 42.5 Å². The molecule has 0 bridgehead atoms. The maximum absolute atomic E-state index is 12.0. The van der Waals surface area contributed by atoms with Crippen LogP contribution in [0.1, 0.15) is 21.5 Å². The zero-order valence-corrected chi connectivity index (χ0v) is 12.7. The van der Waals surface area contributed by atoms with Crippen LogP contribution in [-0.2, 0) is 11.3 Å². The van der Waals surface area contributed by atoms with Crippen molar-refractivity contribution in [1.82, 2.24) is 0 Å². The molecule has 2 rings (SSSR count). The van der Waals surface area contributed by atoms with Gasteiger partial charge in [0.25, 0.3) is 0 Å². The second-order valence-electron chi connectivity index (χ2n) is 4.28. The van der Waals surface area contributed by atoms with Crippen LogP contribution in [0.5, 0.6) is 0 Å². The number of nitrogens with two attached hydrogens (primary N) is 1. The van der Waals surface area contributed by atoms with Gasteiger partial charge in [0.15, 0.2) is 0 Å². The summed E-state index contributed by atoms with van der Waals surface area (Å²) >= 11 is 2.23. The molecular weight excluding hydrogens is 353 g/mol. The van der Waals surface area contributed by atoms with Crippen molar-refractivity contribution in [3.8, 4) is 0 Å². The lowest BCUT2D eigenvalue weighted by Gasteiger charge is -2.08. The van der Waals surface area contributed by atoms with Crippen LogP contribution in [0, 0.1) is 10.5 Å². The summed E-state index contributed by atoms with van der Waals surface area (Å²) in [6, 6.07) is 13.1. The van der Waals surface area contributed by atoms with Crippen molar-refractivity contribution in [2.75, 3.05) is 5.73 Å². The highest BCUT2D eigenvalue weighted by Gasteiger charge is 2.11. The van der Waals surface area contributed by atoms with Gasteiger partial charge in [-0.15, -0.1) is 0 Å². The predicted molar refractivity (Wildman–Crippen MR) is 83.9 cm³/mol. The van der Waals surface area contributed by atoms with Crippen molar-refractivity contribution in [2.45, 2.75) is 13.5 Å². The number of rotatable bonds is 3. The van der Waals surface area contributed by atoms with Crippen molar-refractivity contribution in [3.05, 3.63) is 62.7 Å². The van der Waals surface area contributed by atoms with E-state index >= 15 is 0 Å². The molecule has 0 aliphatic rings. The zero-order valence-electron chi connectivity index (χ0n) is 10.5. The quantitative estimate of drug-likeness (QED) is 0.513. The van der Waals surface area contributed by atoms with Crippen molar-refractivity contribution in [1.29, 1.82) is 0 Å². The molecular formula is C15H14INO2. The van der Waals surface area contributed by atoms with Gasteiger partial charge in [-0.1, -0.05) is 18.2 Å². The Kier molecular flexibility index (Phi) is 4.42. The number of benzene rings is 2. The minimum atomic E-state index is -0.344. The normalized spacial score (nSPS) is 10.2. The molecule has 0 spiro atoms. The first-order valence-electron chi connectivity index (χ1n) is 5.84. The van der Waals surface area contributed by atoms with Crippen LogP contribution in [-0.4, -0.2) is 5.97 Å². The third kappa shape index (κ3) is 3.70. The Hall–Kier alpha value is -1.56. The van der Waals surface area contributed by atoms with Crippen LogP contribution in [0.3, 0.4) is 0 Å². The molecule has 2 aromatic rings. The van der Waals surface area contributed by atoms with E-state index in [1.807, 2.05) is 37.3 Å². The zero-order chi connectivity index (χ0) is 13.8.